The summed E-state index contributed by atoms with van der Waals surface area (Å²) in [5.41, 5.74) is 5.94. The van der Waals surface area contributed by atoms with Gasteiger partial charge in [0.1, 0.15) is 24.4 Å². The fourth-order valence-electron chi connectivity index (χ4n) is 7.62. The number of nitrogens with one attached hydrogen (secondary N) is 1. The van der Waals surface area contributed by atoms with Crippen LogP contribution in [0.4, 0.5) is 0 Å². The molecule has 2 rings (SSSR count). The quantitative estimate of drug-likeness (QED) is 0.0347. The number of benzene rings is 1. The van der Waals surface area contributed by atoms with E-state index < -0.39 is 88.7 Å². The number of hydrogen-bond donors (Lipinski definition) is 5. The van der Waals surface area contributed by atoms with Gasteiger partial charge in [-0.2, -0.15) is 0 Å². The Morgan fingerprint density at radius 2 is 1.20 bits per heavy atom. The summed E-state index contributed by atoms with van der Waals surface area (Å²) < 4.78 is 49.2. The van der Waals surface area contributed by atoms with E-state index in [1.165, 1.54) is 64.2 Å². The molecule has 1 aromatic carbocycles. The van der Waals surface area contributed by atoms with Crippen molar-refractivity contribution >= 4 is 28.4 Å². The number of nitrogens with two attached hydrogens (primary N) is 1. The third kappa shape index (κ3) is 50.0. The van der Waals surface area contributed by atoms with Crippen LogP contribution >= 0.6 is 0 Å². The Bertz CT molecular complexity index is 1520. The summed E-state index contributed by atoms with van der Waals surface area (Å²) in [6.07, 6.45) is 9.40. The SMILES string of the molecule is C.C.C.C.C.C.C.C.C.C.O=S(=O)=O.[CH2-]C(C)(C)NC(=O)C(CCC(CCc1ccccc1)C(=O)[O-])CC(OC1C(O)C(CCOC(C)CO)OC(OCCCCCCCCCCCCCCCC)C1O)C(N)=O.[Na+].[Na+]. The van der Waals surface area contributed by atoms with E-state index >= 15 is 0 Å². The molecule has 1 aliphatic heterocycles. The maximum atomic E-state index is 13.6. The predicted octanol–water partition coefficient (Wildman–Crippen LogP) is 4.84. The number of aliphatic hydroxyl groups is 3. The summed E-state index contributed by atoms with van der Waals surface area (Å²) in [6, 6.07) is 9.46. The molecule has 1 fully saturated rings. The van der Waals surface area contributed by atoms with Gasteiger partial charge in [-0.15, -0.1) is 12.6 Å². The first kappa shape index (κ1) is 103. The summed E-state index contributed by atoms with van der Waals surface area (Å²) in [5.74, 6) is -4.44. The van der Waals surface area contributed by atoms with Crippen molar-refractivity contribution in [1.82, 2.24) is 5.32 Å². The molecular weight excluding hydrogens is 1010 g/mol. The molecule has 0 saturated carbocycles. The molecule has 1 heterocycles. The van der Waals surface area contributed by atoms with Crippen molar-refractivity contribution in [3.63, 3.8) is 0 Å². The van der Waals surface area contributed by atoms with Crippen LogP contribution in [0.25, 0.3) is 0 Å². The second-order valence-electron chi connectivity index (χ2n) is 17.8. The van der Waals surface area contributed by atoms with E-state index in [2.05, 4.69) is 19.2 Å². The van der Waals surface area contributed by atoms with Gasteiger partial charge in [0.25, 0.3) is 0 Å². The first-order chi connectivity index (χ1) is 30.4. The first-order valence-electron chi connectivity index (χ1n) is 23.4. The zero-order valence-electron chi connectivity index (χ0n) is 40.9. The Balaban J connectivity index is -0.000000247. The van der Waals surface area contributed by atoms with Crippen LogP contribution in [-0.4, -0.2) is 114 Å². The molecule has 6 N–H and O–H groups in total. The zero-order chi connectivity index (χ0) is 47.9. The Morgan fingerprint density at radius 3 is 1.62 bits per heavy atom. The number of unbranched alkanes of at least 4 members (excludes halogenated alkanes) is 13. The van der Waals surface area contributed by atoms with Crippen LogP contribution in [0.5, 0.6) is 0 Å². The molecule has 0 radical (unpaired) electrons. The number of aryl methyl sites for hydroxylation is 1. The second kappa shape index (κ2) is 61.6. The number of aliphatic carboxylic acids is 1. The first-order valence-corrected chi connectivity index (χ1v) is 24.4. The van der Waals surface area contributed by atoms with Gasteiger partial charge in [-0.25, -0.2) is 0 Å². The van der Waals surface area contributed by atoms with Gasteiger partial charge >= 0.3 is 69.7 Å². The Hall–Kier alpha value is -1.03. The summed E-state index contributed by atoms with van der Waals surface area (Å²) in [4.78, 5) is 38.8. The minimum atomic E-state index is -3.11. The van der Waals surface area contributed by atoms with Gasteiger partial charge in [-0.1, -0.05) is 214 Å². The number of carbonyl (C=O) groups is 3. The van der Waals surface area contributed by atoms with E-state index in [9.17, 15) is 34.8 Å². The summed E-state index contributed by atoms with van der Waals surface area (Å²) in [5, 5.41) is 47.4. The van der Waals surface area contributed by atoms with Gasteiger partial charge in [0, 0.05) is 25.1 Å². The monoisotopic (exact) mass is 1130 g/mol. The van der Waals surface area contributed by atoms with Crippen LogP contribution in [-0.2, 0) is 50.4 Å². The van der Waals surface area contributed by atoms with E-state index in [0.717, 1.165) is 31.2 Å². The molecule has 450 valence electrons. The molecule has 1 aliphatic rings. The van der Waals surface area contributed by atoms with E-state index in [-0.39, 0.29) is 172 Å². The minimum Gasteiger partial charge on any atom is -0.550 e. The molecule has 1 saturated heterocycles. The molecule has 2 amide bonds. The standard InChI is InChI=1S/C47H81N2O11.10CH4.2Na.O3S/c1-6-7-8-9-10-11-12-13-14-15-16-17-18-22-30-58-46-41(52)42(40(51)38(60-46)29-31-57-34(2)33-50)59-39(43(48)53)32-37(44(54)49-47(3,4)5)28-27-36(45(55)56)26-25-35-23-20-19-21-24-35;;;;;;;;;;;;;1-4(2)3/h19-21,23-24,34,36-42,46,50-52H,3,6-18,22,25-33H2,1-2,4-5H3,(H2,48,53)(H,49,54)(H,55,56);10*1H4;;;/q-1;;;;;;;;;;;2*+1;/p-1. The molecule has 0 aromatic heterocycles. The second-order valence-corrected chi connectivity index (χ2v) is 18.2. The van der Waals surface area contributed by atoms with E-state index in [1.54, 1.807) is 20.8 Å². The number of aliphatic hydroxyl groups excluding tert-OH is 3. The third-order valence-electron chi connectivity index (χ3n) is 11.3. The summed E-state index contributed by atoms with van der Waals surface area (Å²) in [7, 11) is -3.11. The molecule has 1 aromatic rings. The maximum absolute atomic E-state index is 13.6. The van der Waals surface area contributed by atoms with Gasteiger partial charge in [-0.05, 0) is 63.4 Å². The number of carboxylic acids is 1. The van der Waals surface area contributed by atoms with Crippen molar-refractivity contribution in [2.75, 3.05) is 19.8 Å². The maximum Gasteiger partial charge on any atom is 1.00 e. The van der Waals surface area contributed by atoms with E-state index in [1.807, 2.05) is 30.3 Å². The number of carbonyl (C=O) groups excluding carboxylic acids is 3. The van der Waals surface area contributed by atoms with Crippen LogP contribution in [0.1, 0.15) is 230 Å². The van der Waals surface area contributed by atoms with Crippen molar-refractivity contribution in [1.29, 1.82) is 0 Å². The average Bonchev–Trinajstić information content (AvgIpc) is 3.23. The molecule has 9 atom stereocenters. The van der Waals surface area contributed by atoms with Crippen LogP contribution in [0.15, 0.2) is 30.3 Å². The van der Waals surface area contributed by atoms with E-state index in [4.69, 9.17) is 37.3 Å². The molecule has 19 heteroatoms. The van der Waals surface area contributed by atoms with Crippen molar-refractivity contribution in [3.05, 3.63) is 42.8 Å². The molecule has 76 heavy (non-hydrogen) atoms. The Labute approximate surface area is 514 Å². The van der Waals surface area contributed by atoms with Crippen molar-refractivity contribution in [2.45, 2.75) is 279 Å². The fraction of sp³-hybridized carbons (Fsp3) is 0.825. The number of rotatable bonds is 35. The zero-order valence-corrected chi connectivity index (χ0v) is 45.7. The Morgan fingerprint density at radius 1 is 0.750 bits per heavy atom. The van der Waals surface area contributed by atoms with Gasteiger partial charge < -0.3 is 62.1 Å². The fourth-order valence-corrected chi connectivity index (χ4v) is 7.62. The number of carboxylic acid groups (broad SMARTS) is 1. The van der Waals surface area contributed by atoms with Crippen LogP contribution < -0.4 is 75.3 Å². The van der Waals surface area contributed by atoms with Crippen molar-refractivity contribution < 1.29 is 125 Å². The van der Waals surface area contributed by atoms with Crippen molar-refractivity contribution in [3.8, 4) is 0 Å². The molecule has 9 unspecified atom stereocenters. The summed E-state index contributed by atoms with van der Waals surface area (Å²) in [6.45, 7) is 11.5. The van der Waals surface area contributed by atoms with Crippen LogP contribution in [0, 0.1) is 18.8 Å². The molecule has 16 nitrogen and oxygen atoms in total. The Kier molecular flexibility index (Phi) is 83.8. The number of amides is 2. The molecular formula is C57H120N2Na2O14S. The topological polar surface area (TPSA) is 261 Å². The van der Waals surface area contributed by atoms with Gasteiger partial charge in [0.05, 0.1) is 18.8 Å². The predicted molar refractivity (Wildman–Crippen MR) is 307 cm³/mol. The largest absolute Gasteiger partial charge is 1.00 e. The van der Waals surface area contributed by atoms with Crippen LogP contribution in [0.3, 0.4) is 0 Å². The number of ether oxygens (including phenoxy) is 4. The third-order valence-corrected chi connectivity index (χ3v) is 11.3. The smallest absolute Gasteiger partial charge is 0.550 e. The number of primary amides is 1. The average molecular weight is 1140 g/mol. The molecule has 0 bridgehead atoms. The summed E-state index contributed by atoms with van der Waals surface area (Å²) >= 11 is 0. The number of hydrogen-bond acceptors (Lipinski definition) is 14. The van der Waals surface area contributed by atoms with Gasteiger partial charge in [-0.3, -0.25) is 9.59 Å². The molecule has 0 aliphatic carbocycles. The van der Waals surface area contributed by atoms with Crippen molar-refractivity contribution in [2.24, 2.45) is 17.6 Å². The molecule has 0 spiro atoms. The van der Waals surface area contributed by atoms with Gasteiger partial charge in [0.2, 0.25) is 11.8 Å². The van der Waals surface area contributed by atoms with Gasteiger partial charge in [0.15, 0.2) is 6.29 Å². The van der Waals surface area contributed by atoms with E-state index in [0.29, 0.717) is 19.4 Å². The normalized spacial score (nSPS) is 17.3. The van der Waals surface area contributed by atoms with Crippen LogP contribution in [0.2, 0.25) is 0 Å². The minimum absolute atomic E-state index is 0.